The molecule has 0 radical (unpaired) electrons. The van der Waals surface area contributed by atoms with Crippen LogP contribution in [-0.2, 0) is 30.7 Å². The van der Waals surface area contributed by atoms with Gasteiger partial charge < -0.3 is 14.5 Å². The van der Waals surface area contributed by atoms with Crippen molar-refractivity contribution in [3.8, 4) is 0 Å². The molecular formula is C19H23N5O. The molecule has 3 heterocycles. The zero-order valence-electron chi connectivity index (χ0n) is 14.7. The summed E-state index contributed by atoms with van der Waals surface area (Å²) < 4.78 is 4.24. The van der Waals surface area contributed by atoms with Crippen LogP contribution < -0.4 is 5.32 Å². The van der Waals surface area contributed by atoms with E-state index in [-0.39, 0.29) is 11.9 Å². The fraction of sp³-hybridized carbons (Fsp3) is 0.421. The van der Waals surface area contributed by atoms with E-state index in [1.165, 1.54) is 5.39 Å². The first kappa shape index (κ1) is 15.9. The van der Waals surface area contributed by atoms with Gasteiger partial charge in [0.25, 0.3) is 0 Å². The number of fused-ring (bicyclic) bond motifs is 2. The highest BCUT2D eigenvalue weighted by Crippen LogP contribution is 2.19. The van der Waals surface area contributed by atoms with Gasteiger partial charge in [-0.2, -0.15) is 0 Å². The molecule has 0 unspecified atom stereocenters. The van der Waals surface area contributed by atoms with Crippen LogP contribution in [0.1, 0.15) is 30.7 Å². The molecule has 2 aromatic heterocycles. The van der Waals surface area contributed by atoms with Crippen LogP contribution in [0.4, 0.5) is 0 Å². The lowest BCUT2D eigenvalue weighted by atomic mass is 10.1. The average molecular weight is 337 g/mol. The highest BCUT2D eigenvalue weighted by Gasteiger charge is 2.23. The van der Waals surface area contributed by atoms with Gasteiger partial charge in [-0.1, -0.05) is 25.1 Å². The molecular weight excluding hydrogens is 314 g/mol. The highest BCUT2D eigenvalue weighted by molar-refractivity contribution is 5.84. The summed E-state index contributed by atoms with van der Waals surface area (Å²) in [6.45, 7) is 5.25. The SMILES string of the molecule is CCc1nnc2n1C[C@H](NC(=O)Cn1c(C)cc3ccccc31)CC2. The molecule has 1 aromatic carbocycles. The highest BCUT2D eigenvalue weighted by atomic mass is 16.2. The first-order chi connectivity index (χ1) is 12.2. The van der Waals surface area contributed by atoms with Crippen LogP contribution in [0.25, 0.3) is 10.9 Å². The number of nitrogens with zero attached hydrogens (tertiary/aromatic N) is 4. The number of carbonyl (C=O) groups is 1. The molecule has 0 saturated carbocycles. The summed E-state index contributed by atoms with van der Waals surface area (Å²) in [5, 5.41) is 12.8. The second-order valence-electron chi connectivity index (χ2n) is 6.73. The van der Waals surface area contributed by atoms with E-state index in [1.54, 1.807) is 0 Å². The quantitative estimate of drug-likeness (QED) is 0.794. The number of amides is 1. The van der Waals surface area contributed by atoms with Gasteiger partial charge in [-0.15, -0.1) is 10.2 Å². The normalized spacial score (nSPS) is 16.8. The topological polar surface area (TPSA) is 64.7 Å². The van der Waals surface area contributed by atoms with Crippen LogP contribution in [0, 0.1) is 6.92 Å². The lowest BCUT2D eigenvalue weighted by Gasteiger charge is -2.25. The van der Waals surface area contributed by atoms with E-state index in [0.717, 1.165) is 48.7 Å². The molecule has 1 N–H and O–H groups in total. The van der Waals surface area contributed by atoms with Crippen LogP contribution in [-0.4, -0.2) is 31.3 Å². The third-order valence-corrected chi connectivity index (χ3v) is 5.02. The van der Waals surface area contributed by atoms with Gasteiger partial charge in [0.2, 0.25) is 5.91 Å². The smallest absolute Gasteiger partial charge is 0.240 e. The number of nitrogens with one attached hydrogen (secondary N) is 1. The number of rotatable bonds is 4. The fourth-order valence-corrected chi connectivity index (χ4v) is 3.74. The molecule has 0 saturated heterocycles. The van der Waals surface area contributed by atoms with Gasteiger partial charge in [0, 0.05) is 36.6 Å². The van der Waals surface area contributed by atoms with Crippen LogP contribution >= 0.6 is 0 Å². The van der Waals surface area contributed by atoms with E-state index in [4.69, 9.17) is 0 Å². The number of aromatic nitrogens is 4. The summed E-state index contributed by atoms with van der Waals surface area (Å²) in [5.41, 5.74) is 2.21. The van der Waals surface area contributed by atoms with Crippen molar-refractivity contribution in [1.29, 1.82) is 0 Å². The molecule has 6 nitrogen and oxygen atoms in total. The predicted octanol–water partition coefficient (Wildman–Crippen LogP) is 2.23. The molecule has 0 spiro atoms. The lowest BCUT2D eigenvalue weighted by molar-refractivity contribution is -0.122. The van der Waals surface area contributed by atoms with E-state index < -0.39 is 0 Å². The lowest BCUT2D eigenvalue weighted by Crippen LogP contribution is -2.42. The van der Waals surface area contributed by atoms with Crippen LogP contribution in [0.15, 0.2) is 30.3 Å². The summed E-state index contributed by atoms with van der Waals surface area (Å²) in [6, 6.07) is 10.4. The van der Waals surface area contributed by atoms with E-state index in [0.29, 0.717) is 6.54 Å². The molecule has 1 aliphatic heterocycles. The average Bonchev–Trinajstić information content (AvgIpc) is 3.15. The Morgan fingerprint density at radius 2 is 2.16 bits per heavy atom. The maximum absolute atomic E-state index is 12.6. The van der Waals surface area contributed by atoms with Gasteiger partial charge in [0.05, 0.1) is 0 Å². The maximum Gasteiger partial charge on any atom is 0.240 e. The molecule has 3 aromatic rings. The Hall–Kier alpha value is -2.63. The predicted molar refractivity (Wildman–Crippen MR) is 96.3 cm³/mol. The molecule has 1 aliphatic rings. The first-order valence-corrected chi connectivity index (χ1v) is 8.91. The third kappa shape index (κ3) is 2.92. The summed E-state index contributed by atoms with van der Waals surface area (Å²) in [7, 11) is 0. The number of hydrogen-bond donors (Lipinski definition) is 1. The summed E-state index contributed by atoms with van der Waals surface area (Å²) in [5.74, 6) is 2.10. The van der Waals surface area contributed by atoms with Gasteiger partial charge in [0.1, 0.15) is 18.2 Å². The minimum Gasteiger partial charge on any atom is -0.350 e. The largest absolute Gasteiger partial charge is 0.350 e. The number of para-hydroxylation sites is 1. The standard InChI is InChI=1S/C19H23N5O/c1-3-17-21-22-18-9-8-15(11-24(17)18)20-19(25)12-23-13(2)10-14-6-4-5-7-16(14)23/h4-7,10,15H,3,8-9,11-12H2,1-2H3,(H,20,25)/t15-/m1/s1. The number of benzene rings is 1. The van der Waals surface area contributed by atoms with E-state index in [1.807, 2.05) is 19.1 Å². The van der Waals surface area contributed by atoms with Gasteiger partial charge in [-0.05, 0) is 30.9 Å². The summed E-state index contributed by atoms with van der Waals surface area (Å²) in [6.07, 6.45) is 2.64. The van der Waals surface area contributed by atoms with Crippen LogP contribution in [0.2, 0.25) is 0 Å². The van der Waals surface area contributed by atoms with Crippen molar-refractivity contribution in [1.82, 2.24) is 24.6 Å². The maximum atomic E-state index is 12.6. The molecule has 1 amide bonds. The zero-order valence-corrected chi connectivity index (χ0v) is 14.7. The summed E-state index contributed by atoms with van der Waals surface area (Å²) >= 11 is 0. The zero-order chi connectivity index (χ0) is 17.4. The number of hydrogen-bond acceptors (Lipinski definition) is 3. The second-order valence-corrected chi connectivity index (χ2v) is 6.73. The molecule has 0 fully saturated rings. The second kappa shape index (κ2) is 6.35. The van der Waals surface area contributed by atoms with Crippen molar-refractivity contribution < 1.29 is 4.79 Å². The number of aryl methyl sites for hydroxylation is 3. The molecule has 1 atom stereocenters. The monoisotopic (exact) mass is 337 g/mol. The van der Waals surface area contributed by atoms with Crippen molar-refractivity contribution in [3.63, 3.8) is 0 Å². The Kier molecular flexibility index (Phi) is 4.03. The van der Waals surface area contributed by atoms with E-state index in [2.05, 4.69) is 49.8 Å². The first-order valence-electron chi connectivity index (χ1n) is 8.91. The Bertz CT molecular complexity index is 910. The Balaban J connectivity index is 1.47. The van der Waals surface area contributed by atoms with Crippen molar-refractivity contribution in [3.05, 3.63) is 47.7 Å². The minimum absolute atomic E-state index is 0.0593. The number of carbonyl (C=O) groups excluding carboxylic acids is 1. The molecule has 4 rings (SSSR count). The Morgan fingerprint density at radius 3 is 3.00 bits per heavy atom. The fourth-order valence-electron chi connectivity index (χ4n) is 3.74. The van der Waals surface area contributed by atoms with Crippen molar-refractivity contribution in [2.75, 3.05) is 0 Å². The van der Waals surface area contributed by atoms with Crippen molar-refractivity contribution in [2.45, 2.75) is 52.2 Å². The van der Waals surface area contributed by atoms with E-state index >= 15 is 0 Å². The van der Waals surface area contributed by atoms with Crippen molar-refractivity contribution >= 4 is 16.8 Å². The van der Waals surface area contributed by atoms with Crippen LogP contribution in [0.3, 0.4) is 0 Å². The Labute approximate surface area is 146 Å². The molecule has 0 bridgehead atoms. The van der Waals surface area contributed by atoms with Gasteiger partial charge >= 0.3 is 0 Å². The van der Waals surface area contributed by atoms with Crippen molar-refractivity contribution in [2.24, 2.45) is 0 Å². The Morgan fingerprint density at radius 1 is 1.32 bits per heavy atom. The minimum atomic E-state index is 0.0593. The third-order valence-electron chi connectivity index (χ3n) is 5.02. The molecule has 25 heavy (non-hydrogen) atoms. The molecule has 130 valence electrons. The molecule has 0 aliphatic carbocycles. The van der Waals surface area contributed by atoms with E-state index in [9.17, 15) is 4.79 Å². The van der Waals surface area contributed by atoms with Crippen LogP contribution in [0.5, 0.6) is 0 Å². The van der Waals surface area contributed by atoms with Gasteiger partial charge in [-0.25, -0.2) is 0 Å². The van der Waals surface area contributed by atoms with Gasteiger partial charge in [-0.3, -0.25) is 4.79 Å². The summed E-state index contributed by atoms with van der Waals surface area (Å²) in [4.78, 5) is 12.6. The molecule has 6 heteroatoms. The van der Waals surface area contributed by atoms with Gasteiger partial charge in [0.15, 0.2) is 0 Å².